The highest BCUT2D eigenvalue weighted by Crippen LogP contribution is 2.40. The van der Waals surface area contributed by atoms with Crippen LogP contribution in [-0.2, 0) is 42.7 Å². The first-order valence-corrected chi connectivity index (χ1v) is 13.1. The third-order valence-corrected chi connectivity index (χ3v) is 6.66. The lowest BCUT2D eigenvalue weighted by molar-refractivity contribution is -0.211. The van der Waals surface area contributed by atoms with Crippen LogP contribution in [-0.4, -0.2) is 90.2 Å². The Morgan fingerprint density at radius 2 is 1.18 bits per heavy atom. The minimum Gasteiger partial charge on any atom is -0.444 e. The van der Waals surface area contributed by atoms with E-state index in [4.69, 9.17) is 33.2 Å². The second-order valence-corrected chi connectivity index (χ2v) is 12.1. The SMILES string of the molecule is CC(C)(C)OC(=O)N[C@H]1[C@H]2OC(C)(C)O[C@H]2O[C@H]1C(=O)N[C@H]1[C@H]2OC(C)(C)O[C@H]2O[C@H]1C(=O)NC1C=CC=C1. The highest BCUT2D eigenvalue weighted by Gasteiger charge is 2.60. The average molecular weight is 552 g/mol. The molecule has 5 aliphatic rings. The van der Waals surface area contributed by atoms with Crippen LogP contribution in [0.15, 0.2) is 24.3 Å². The van der Waals surface area contributed by atoms with E-state index in [0.29, 0.717) is 0 Å². The molecule has 3 amide bonds. The quantitative estimate of drug-likeness (QED) is 0.446. The van der Waals surface area contributed by atoms with E-state index in [1.807, 2.05) is 24.3 Å². The maximum absolute atomic E-state index is 13.7. The number of carbonyl (C=O) groups is 3. The molecule has 8 atom stereocenters. The summed E-state index contributed by atoms with van der Waals surface area (Å²) in [5, 5.41) is 8.42. The van der Waals surface area contributed by atoms with Gasteiger partial charge in [0.1, 0.15) is 17.8 Å². The smallest absolute Gasteiger partial charge is 0.408 e. The van der Waals surface area contributed by atoms with Gasteiger partial charge in [0.15, 0.2) is 36.4 Å². The van der Waals surface area contributed by atoms with Crippen LogP contribution in [0.5, 0.6) is 0 Å². The van der Waals surface area contributed by atoms with Crippen LogP contribution in [0.4, 0.5) is 4.79 Å². The van der Waals surface area contributed by atoms with Crippen molar-refractivity contribution in [1.29, 1.82) is 0 Å². The van der Waals surface area contributed by atoms with Gasteiger partial charge in [-0.15, -0.1) is 0 Å². The zero-order valence-electron chi connectivity index (χ0n) is 23.1. The van der Waals surface area contributed by atoms with Crippen molar-refractivity contribution in [2.75, 3.05) is 0 Å². The number of hydrogen-bond donors (Lipinski definition) is 3. The summed E-state index contributed by atoms with van der Waals surface area (Å²) in [4.78, 5) is 39.5. The standard InChI is InChI=1S/C26H37N3O10/c1-24(2,3)39-23(32)29-14-16(34-22-18(14)36-26(6,7)38-22)20(31)28-13-15(19(30)27-12-10-8-9-11-12)33-21-17(13)35-25(4,5)37-21/h8-18,21-22H,1-7H3,(H,27,30)(H,28,31)(H,29,32)/t13-,14-,15-,16-,17-,18-,21-,22-/m1/s1. The fourth-order valence-electron chi connectivity index (χ4n) is 5.24. The Hall–Kier alpha value is -2.55. The molecule has 5 rings (SSSR count). The molecule has 4 fully saturated rings. The largest absolute Gasteiger partial charge is 0.444 e. The number of carbonyl (C=O) groups excluding carboxylic acids is 3. The van der Waals surface area contributed by atoms with Gasteiger partial charge in [-0.3, -0.25) is 9.59 Å². The number of ether oxygens (including phenoxy) is 7. The molecule has 0 unspecified atom stereocenters. The van der Waals surface area contributed by atoms with Crippen LogP contribution >= 0.6 is 0 Å². The van der Waals surface area contributed by atoms with Crippen molar-refractivity contribution in [2.45, 2.75) is 121 Å². The Labute approximate surface area is 226 Å². The van der Waals surface area contributed by atoms with Crippen molar-refractivity contribution < 1.29 is 47.5 Å². The van der Waals surface area contributed by atoms with Crippen LogP contribution in [0.25, 0.3) is 0 Å². The van der Waals surface area contributed by atoms with Crippen LogP contribution in [0.3, 0.4) is 0 Å². The number of fused-ring (bicyclic) bond motifs is 2. The van der Waals surface area contributed by atoms with Gasteiger partial charge in [-0.2, -0.15) is 0 Å². The Kier molecular flexibility index (Phi) is 7.05. The van der Waals surface area contributed by atoms with Crippen LogP contribution in [0, 0.1) is 0 Å². The van der Waals surface area contributed by atoms with Crippen LogP contribution < -0.4 is 16.0 Å². The second kappa shape index (κ2) is 9.82. The number of rotatable bonds is 5. The summed E-state index contributed by atoms with van der Waals surface area (Å²) in [5.41, 5.74) is -0.764. The van der Waals surface area contributed by atoms with Crippen molar-refractivity contribution in [1.82, 2.24) is 16.0 Å². The van der Waals surface area contributed by atoms with E-state index >= 15 is 0 Å². The lowest BCUT2D eigenvalue weighted by Gasteiger charge is -2.30. The molecule has 0 saturated carbocycles. The van der Waals surface area contributed by atoms with E-state index in [2.05, 4.69) is 16.0 Å². The molecule has 216 valence electrons. The molecule has 0 spiro atoms. The molecule has 0 bridgehead atoms. The molecule has 4 aliphatic heterocycles. The third kappa shape index (κ3) is 5.98. The molecule has 4 heterocycles. The van der Waals surface area contributed by atoms with Gasteiger partial charge in [0.05, 0.1) is 18.1 Å². The molecule has 0 aromatic heterocycles. The van der Waals surface area contributed by atoms with Gasteiger partial charge in [0.25, 0.3) is 11.8 Å². The van der Waals surface area contributed by atoms with Gasteiger partial charge in [0, 0.05) is 0 Å². The fraction of sp³-hybridized carbons (Fsp3) is 0.731. The number of nitrogens with one attached hydrogen (secondary N) is 3. The van der Waals surface area contributed by atoms with Crippen molar-refractivity contribution >= 4 is 17.9 Å². The van der Waals surface area contributed by atoms with Gasteiger partial charge >= 0.3 is 6.09 Å². The molecule has 13 nitrogen and oxygen atoms in total. The first-order chi connectivity index (χ1) is 18.1. The Balaban J connectivity index is 1.34. The fourth-order valence-corrected chi connectivity index (χ4v) is 5.24. The van der Waals surface area contributed by atoms with E-state index < -0.39 is 84.2 Å². The molecular formula is C26H37N3O10. The van der Waals surface area contributed by atoms with Crippen molar-refractivity contribution in [3.8, 4) is 0 Å². The monoisotopic (exact) mass is 551 g/mol. The van der Waals surface area contributed by atoms with Gasteiger partial charge < -0.3 is 49.1 Å². The average Bonchev–Trinajstić information content (AvgIpc) is 3.56. The van der Waals surface area contributed by atoms with E-state index in [0.717, 1.165) is 0 Å². The Morgan fingerprint density at radius 3 is 1.67 bits per heavy atom. The molecule has 3 N–H and O–H groups in total. The van der Waals surface area contributed by atoms with Crippen LogP contribution in [0.1, 0.15) is 48.5 Å². The molecular weight excluding hydrogens is 514 g/mol. The summed E-state index contributed by atoms with van der Waals surface area (Å²) in [7, 11) is 0. The molecule has 13 heteroatoms. The molecule has 1 aliphatic carbocycles. The predicted octanol–water partition coefficient (Wildman–Crippen LogP) is 0.728. The summed E-state index contributed by atoms with van der Waals surface area (Å²) < 4.78 is 40.8. The van der Waals surface area contributed by atoms with Crippen molar-refractivity contribution in [3.05, 3.63) is 24.3 Å². The number of hydrogen-bond acceptors (Lipinski definition) is 10. The topological polar surface area (TPSA) is 152 Å². The lowest BCUT2D eigenvalue weighted by Crippen LogP contribution is -2.59. The van der Waals surface area contributed by atoms with Gasteiger partial charge in [-0.05, 0) is 48.5 Å². The predicted molar refractivity (Wildman–Crippen MR) is 133 cm³/mol. The number of allylic oxidation sites excluding steroid dienone is 2. The minimum atomic E-state index is -1.22. The van der Waals surface area contributed by atoms with E-state index in [1.54, 1.807) is 48.5 Å². The summed E-state index contributed by atoms with van der Waals surface area (Å²) in [6, 6.07) is -2.15. The first kappa shape index (κ1) is 28.0. The van der Waals surface area contributed by atoms with E-state index in [-0.39, 0.29) is 6.04 Å². The summed E-state index contributed by atoms with van der Waals surface area (Å²) in [6.45, 7) is 12.0. The lowest BCUT2D eigenvalue weighted by atomic mass is 10.0. The van der Waals surface area contributed by atoms with Crippen LogP contribution in [0.2, 0.25) is 0 Å². The summed E-state index contributed by atoms with van der Waals surface area (Å²) >= 11 is 0. The third-order valence-electron chi connectivity index (χ3n) is 6.66. The molecule has 0 radical (unpaired) electrons. The highest BCUT2D eigenvalue weighted by atomic mass is 16.8. The minimum absolute atomic E-state index is 0.297. The van der Waals surface area contributed by atoms with Gasteiger partial charge in [0.2, 0.25) is 0 Å². The molecule has 0 aromatic carbocycles. The maximum Gasteiger partial charge on any atom is 0.408 e. The molecule has 39 heavy (non-hydrogen) atoms. The highest BCUT2D eigenvalue weighted by molar-refractivity contribution is 5.87. The maximum atomic E-state index is 13.7. The molecule has 4 saturated heterocycles. The van der Waals surface area contributed by atoms with E-state index in [9.17, 15) is 14.4 Å². The van der Waals surface area contributed by atoms with Gasteiger partial charge in [-0.1, -0.05) is 24.3 Å². The second-order valence-electron chi connectivity index (χ2n) is 12.1. The normalized spacial score (nSPS) is 37.9. The summed E-state index contributed by atoms with van der Waals surface area (Å²) in [6.07, 6.45) is 0.886. The Bertz CT molecular complexity index is 1050. The number of amides is 3. The first-order valence-electron chi connectivity index (χ1n) is 13.1. The molecule has 0 aromatic rings. The van der Waals surface area contributed by atoms with E-state index in [1.165, 1.54) is 0 Å². The van der Waals surface area contributed by atoms with Gasteiger partial charge in [-0.25, -0.2) is 4.79 Å². The zero-order valence-corrected chi connectivity index (χ0v) is 23.1. The number of alkyl carbamates (subject to hydrolysis) is 1. The zero-order chi connectivity index (χ0) is 28.3. The summed E-state index contributed by atoms with van der Waals surface area (Å²) in [5.74, 6) is -3.02. The van der Waals surface area contributed by atoms with Crippen molar-refractivity contribution in [3.63, 3.8) is 0 Å². The Morgan fingerprint density at radius 1 is 0.718 bits per heavy atom. The van der Waals surface area contributed by atoms with Crippen molar-refractivity contribution in [2.24, 2.45) is 0 Å².